The molecule has 3 aromatic rings. The van der Waals surface area contributed by atoms with Gasteiger partial charge in [0, 0.05) is 17.6 Å². The highest BCUT2D eigenvalue weighted by molar-refractivity contribution is 7.99. The molecule has 0 aliphatic rings. The molecule has 0 saturated heterocycles. The van der Waals surface area contributed by atoms with Crippen molar-refractivity contribution in [1.29, 1.82) is 0 Å². The van der Waals surface area contributed by atoms with Crippen LogP contribution in [0, 0.1) is 6.92 Å². The summed E-state index contributed by atoms with van der Waals surface area (Å²) >= 11 is 9.02. The lowest BCUT2D eigenvalue weighted by Gasteiger charge is -2.12. The van der Waals surface area contributed by atoms with Gasteiger partial charge in [-0.2, -0.15) is 0 Å². The second-order valence-corrected chi connectivity index (χ2v) is 8.12. The highest BCUT2D eigenvalue weighted by Gasteiger charge is 2.16. The van der Waals surface area contributed by atoms with Crippen LogP contribution in [0.3, 0.4) is 0 Å². The molecule has 1 aromatic carbocycles. The number of carbonyl (C=O) groups excluding carboxylic acids is 1. The molecule has 1 N–H and O–H groups in total. The van der Waals surface area contributed by atoms with E-state index in [0.29, 0.717) is 28.2 Å². The summed E-state index contributed by atoms with van der Waals surface area (Å²) in [6.45, 7) is 6.23. The van der Waals surface area contributed by atoms with Gasteiger partial charge < -0.3 is 10.1 Å². The Balaban J connectivity index is 1.72. The number of ether oxygens (including phenoxy) is 1. The molecule has 0 spiro atoms. The minimum Gasteiger partial charge on any atom is -0.495 e. The maximum atomic E-state index is 12.5. The number of rotatable bonds is 8. The maximum absolute atomic E-state index is 12.5. The van der Waals surface area contributed by atoms with Crippen molar-refractivity contribution in [2.75, 3.05) is 18.2 Å². The number of nitrogens with one attached hydrogen (secondary N) is 1. The van der Waals surface area contributed by atoms with Gasteiger partial charge in [-0.1, -0.05) is 35.5 Å². The van der Waals surface area contributed by atoms with Gasteiger partial charge >= 0.3 is 0 Å². The van der Waals surface area contributed by atoms with Crippen molar-refractivity contribution in [3.63, 3.8) is 0 Å². The fourth-order valence-electron chi connectivity index (χ4n) is 2.52. The number of aromatic nitrogens is 3. The third-order valence-corrected chi connectivity index (χ3v) is 6.10. The van der Waals surface area contributed by atoms with Crippen LogP contribution in [-0.2, 0) is 11.3 Å². The van der Waals surface area contributed by atoms with Gasteiger partial charge in [-0.15, -0.1) is 28.1 Å². The molecule has 2 heterocycles. The van der Waals surface area contributed by atoms with Crippen LogP contribution in [0.1, 0.15) is 5.56 Å². The molecule has 0 saturated carbocycles. The zero-order valence-electron chi connectivity index (χ0n) is 15.4. The minimum absolute atomic E-state index is 0.171. The van der Waals surface area contributed by atoms with Gasteiger partial charge in [0.05, 0.1) is 23.4 Å². The first-order valence-corrected chi connectivity index (χ1v) is 10.6. The van der Waals surface area contributed by atoms with E-state index in [1.54, 1.807) is 29.5 Å². The number of carbonyl (C=O) groups is 1. The number of thiophene rings is 1. The summed E-state index contributed by atoms with van der Waals surface area (Å²) in [5.74, 6) is 1.30. The van der Waals surface area contributed by atoms with Gasteiger partial charge in [-0.3, -0.25) is 9.36 Å². The summed E-state index contributed by atoms with van der Waals surface area (Å²) in [5.41, 5.74) is 1.44. The summed E-state index contributed by atoms with van der Waals surface area (Å²) in [6, 6.07) is 7.44. The van der Waals surface area contributed by atoms with Crippen LogP contribution in [0.25, 0.3) is 10.7 Å². The van der Waals surface area contributed by atoms with Crippen molar-refractivity contribution >= 4 is 46.3 Å². The Bertz CT molecular complexity index is 986. The highest BCUT2D eigenvalue weighted by atomic mass is 35.5. The maximum Gasteiger partial charge on any atom is 0.234 e. The third kappa shape index (κ3) is 4.57. The van der Waals surface area contributed by atoms with Crippen molar-refractivity contribution in [1.82, 2.24) is 14.8 Å². The quantitative estimate of drug-likeness (QED) is 0.403. The summed E-state index contributed by atoms with van der Waals surface area (Å²) in [7, 11) is 1.54. The van der Waals surface area contributed by atoms with E-state index in [1.165, 1.54) is 18.9 Å². The second kappa shape index (κ2) is 9.27. The average molecular weight is 435 g/mol. The zero-order chi connectivity index (χ0) is 20.1. The lowest BCUT2D eigenvalue weighted by molar-refractivity contribution is -0.113. The number of hydrogen-bond acceptors (Lipinski definition) is 6. The molecular formula is C19H19ClN4O2S2. The van der Waals surface area contributed by atoms with Crippen LogP contribution in [0.4, 0.5) is 5.69 Å². The monoisotopic (exact) mass is 434 g/mol. The molecular weight excluding hydrogens is 416 g/mol. The lowest BCUT2D eigenvalue weighted by atomic mass is 10.2. The number of benzene rings is 1. The number of thioether (sulfide) groups is 1. The van der Waals surface area contributed by atoms with Gasteiger partial charge in [0.25, 0.3) is 0 Å². The smallest absolute Gasteiger partial charge is 0.234 e. The van der Waals surface area contributed by atoms with Crippen molar-refractivity contribution in [3.8, 4) is 16.5 Å². The van der Waals surface area contributed by atoms with Crippen molar-refractivity contribution < 1.29 is 9.53 Å². The fraction of sp³-hybridized carbons (Fsp3) is 0.211. The van der Waals surface area contributed by atoms with E-state index < -0.39 is 0 Å². The Labute approximate surface area is 176 Å². The summed E-state index contributed by atoms with van der Waals surface area (Å²) in [5, 5.41) is 14.6. The number of anilines is 1. The summed E-state index contributed by atoms with van der Waals surface area (Å²) in [4.78, 5) is 13.5. The SMILES string of the molecule is C=CCn1c(SCC(=O)Nc2cc(C)c(Cl)cc2OC)nnc1-c1cccs1. The topological polar surface area (TPSA) is 69.0 Å². The Hall–Kier alpha value is -2.29. The van der Waals surface area contributed by atoms with Gasteiger partial charge in [0.2, 0.25) is 5.91 Å². The molecule has 1 amide bonds. The zero-order valence-corrected chi connectivity index (χ0v) is 17.8. The van der Waals surface area contributed by atoms with Crippen molar-refractivity contribution in [3.05, 3.63) is 52.9 Å². The van der Waals surface area contributed by atoms with Crippen LogP contribution in [0.5, 0.6) is 5.75 Å². The first-order valence-electron chi connectivity index (χ1n) is 8.38. The van der Waals surface area contributed by atoms with E-state index >= 15 is 0 Å². The number of allylic oxidation sites excluding steroid dienone is 1. The summed E-state index contributed by atoms with van der Waals surface area (Å²) < 4.78 is 7.25. The van der Waals surface area contributed by atoms with Gasteiger partial charge in [-0.05, 0) is 30.0 Å². The standard InChI is InChI=1S/C19H19ClN4O2S2/c1-4-7-24-18(16-6-5-8-27-16)22-23-19(24)28-11-17(25)21-14-9-12(2)13(20)10-15(14)26-3/h4-6,8-10H,1,7,11H2,2-3H3,(H,21,25). The van der Waals surface area contributed by atoms with Gasteiger partial charge in [0.1, 0.15) is 5.75 Å². The molecule has 28 heavy (non-hydrogen) atoms. The number of aryl methyl sites for hydroxylation is 1. The van der Waals surface area contributed by atoms with Crippen molar-refractivity contribution in [2.24, 2.45) is 0 Å². The largest absolute Gasteiger partial charge is 0.495 e. The highest BCUT2D eigenvalue weighted by Crippen LogP contribution is 2.31. The first-order chi connectivity index (χ1) is 13.5. The molecule has 0 atom stereocenters. The fourth-order valence-corrected chi connectivity index (χ4v) is 4.14. The number of methoxy groups -OCH3 is 1. The average Bonchev–Trinajstić information content (AvgIpc) is 3.33. The van der Waals surface area contributed by atoms with Crippen LogP contribution in [0.2, 0.25) is 5.02 Å². The first kappa shape index (κ1) is 20.4. The van der Waals surface area contributed by atoms with Gasteiger partial charge in [0.15, 0.2) is 11.0 Å². The van der Waals surface area contributed by atoms with Crippen LogP contribution >= 0.6 is 34.7 Å². The Kier molecular flexibility index (Phi) is 6.77. The molecule has 3 rings (SSSR count). The molecule has 0 aliphatic heterocycles. The van der Waals surface area contributed by atoms with E-state index in [-0.39, 0.29) is 11.7 Å². The van der Waals surface area contributed by atoms with E-state index in [9.17, 15) is 4.79 Å². The van der Waals surface area contributed by atoms with E-state index in [2.05, 4.69) is 22.1 Å². The third-order valence-electron chi connectivity index (χ3n) is 3.86. The predicted octanol–water partition coefficient (Wildman–Crippen LogP) is 4.89. The van der Waals surface area contributed by atoms with Gasteiger partial charge in [-0.25, -0.2) is 0 Å². The van der Waals surface area contributed by atoms with Crippen molar-refractivity contribution in [2.45, 2.75) is 18.6 Å². The molecule has 0 unspecified atom stereocenters. The number of hydrogen-bond donors (Lipinski definition) is 1. The second-order valence-electron chi connectivity index (χ2n) is 5.82. The Morgan fingerprint density at radius 2 is 2.29 bits per heavy atom. The molecule has 0 aliphatic carbocycles. The molecule has 9 heteroatoms. The Morgan fingerprint density at radius 3 is 2.96 bits per heavy atom. The molecule has 0 bridgehead atoms. The normalized spacial score (nSPS) is 10.7. The molecule has 146 valence electrons. The van der Waals surface area contributed by atoms with E-state index in [1.807, 2.05) is 29.0 Å². The molecule has 2 aromatic heterocycles. The summed E-state index contributed by atoms with van der Waals surface area (Å²) in [6.07, 6.45) is 1.78. The van der Waals surface area contributed by atoms with Crippen LogP contribution in [0.15, 0.2) is 47.5 Å². The minimum atomic E-state index is -0.171. The van der Waals surface area contributed by atoms with E-state index in [0.717, 1.165) is 16.3 Å². The molecule has 6 nitrogen and oxygen atoms in total. The number of halogens is 1. The molecule has 0 fully saturated rings. The molecule has 0 radical (unpaired) electrons. The number of nitrogens with zero attached hydrogens (tertiary/aromatic N) is 3. The predicted molar refractivity (Wildman–Crippen MR) is 116 cm³/mol. The van der Waals surface area contributed by atoms with Crippen LogP contribution in [-0.4, -0.2) is 33.5 Å². The van der Waals surface area contributed by atoms with E-state index in [4.69, 9.17) is 16.3 Å². The number of amides is 1. The lowest BCUT2D eigenvalue weighted by Crippen LogP contribution is -2.15. The Morgan fingerprint density at radius 1 is 1.46 bits per heavy atom. The van der Waals surface area contributed by atoms with Crippen LogP contribution < -0.4 is 10.1 Å².